The fraction of sp³-hybridized carbons (Fsp3) is 0.0714. The average Bonchev–Trinajstić information content (AvgIpc) is 2.37. The Bertz CT molecular complexity index is 511. The Labute approximate surface area is 109 Å². The quantitative estimate of drug-likeness (QED) is 0.922. The Morgan fingerprint density at radius 2 is 1.82 bits per heavy atom. The zero-order chi connectivity index (χ0) is 12.1. The van der Waals surface area contributed by atoms with Gasteiger partial charge >= 0.3 is 0 Å². The van der Waals surface area contributed by atoms with Gasteiger partial charge in [-0.1, -0.05) is 52.3 Å². The number of carbonyl (C=O) groups excluding carboxylic acids is 1. The van der Waals surface area contributed by atoms with Crippen molar-refractivity contribution in [3.63, 3.8) is 0 Å². The number of hydrogen-bond donors (Lipinski definition) is 1. The highest BCUT2D eigenvalue weighted by Gasteiger charge is 2.04. The molecule has 1 N–H and O–H groups in total. The van der Waals surface area contributed by atoms with E-state index < -0.39 is 0 Å². The van der Waals surface area contributed by atoms with E-state index in [-0.39, 0.29) is 5.91 Å². The second-order valence-electron chi connectivity index (χ2n) is 3.68. The van der Waals surface area contributed by atoms with Gasteiger partial charge in [-0.05, 0) is 23.8 Å². The van der Waals surface area contributed by atoms with Gasteiger partial charge in [0.05, 0.1) is 0 Å². The van der Waals surface area contributed by atoms with Crippen LogP contribution in [0, 0.1) is 0 Å². The molecule has 86 valence electrons. The summed E-state index contributed by atoms with van der Waals surface area (Å²) in [6, 6.07) is 17.2. The molecule has 2 nitrogen and oxygen atoms in total. The second-order valence-corrected chi connectivity index (χ2v) is 4.59. The van der Waals surface area contributed by atoms with Crippen molar-refractivity contribution in [1.82, 2.24) is 5.32 Å². The van der Waals surface area contributed by atoms with Gasteiger partial charge in [0.15, 0.2) is 0 Å². The van der Waals surface area contributed by atoms with Crippen LogP contribution in [0.4, 0.5) is 0 Å². The van der Waals surface area contributed by atoms with Crippen LogP contribution in [0.2, 0.25) is 0 Å². The maximum atomic E-state index is 11.8. The molecule has 0 aliphatic rings. The molecule has 17 heavy (non-hydrogen) atoms. The van der Waals surface area contributed by atoms with E-state index in [1.165, 1.54) is 0 Å². The SMILES string of the molecule is O=C(NCc1ccccc1)c1cccc(Br)c1. The monoisotopic (exact) mass is 289 g/mol. The van der Waals surface area contributed by atoms with Crippen molar-refractivity contribution in [1.29, 1.82) is 0 Å². The molecule has 0 aliphatic carbocycles. The van der Waals surface area contributed by atoms with Crippen LogP contribution in [-0.4, -0.2) is 5.91 Å². The summed E-state index contributed by atoms with van der Waals surface area (Å²) in [5.41, 5.74) is 1.76. The first-order valence-electron chi connectivity index (χ1n) is 5.33. The summed E-state index contributed by atoms with van der Waals surface area (Å²) in [5, 5.41) is 2.88. The van der Waals surface area contributed by atoms with Crippen LogP contribution in [0.15, 0.2) is 59.1 Å². The molecule has 0 unspecified atom stereocenters. The summed E-state index contributed by atoms with van der Waals surface area (Å²) in [4.78, 5) is 11.8. The maximum absolute atomic E-state index is 11.8. The third-order valence-electron chi connectivity index (χ3n) is 2.38. The molecule has 0 aromatic heterocycles. The standard InChI is InChI=1S/C14H12BrNO/c15-13-8-4-7-12(9-13)14(17)16-10-11-5-2-1-3-6-11/h1-9H,10H2,(H,16,17). The number of halogens is 1. The van der Waals surface area contributed by atoms with Gasteiger partial charge in [0.2, 0.25) is 0 Å². The summed E-state index contributed by atoms with van der Waals surface area (Å²) < 4.78 is 0.907. The molecule has 0 fully saturated rings. The van der Waals surface area contributed by atoms with Crippen LogP contribution in [0.1, 0.15) is 15.9 Å². The summed E-state index contributed by atoms with van der Waals surface area (Å²) in [6.07, 6.45) is 0. The van der Waals surface area contributed by atoms with Gasteiger partial charge in [-0.3, -0.25) is 4.79 Å². The van der Waals surface area contributed by atoms with Gasteiger partial charge in [-0.25, -0.2) is 0 Å². The molecule has 1 amide bonds. The molecule has 2 aromatic carbocycles. The molecule has 0 aliphatic heterocycles. The van der Waals surface area contributed by atoms with Crippen LogP contribution in [0.5, 0.6) is 0 Å². The number of rotatable bonds is 3. The fourth-order valence-corrected chi connectivity index (χ4v) is 1.91. The van der Waals surface area contributed by atoms with Gasteiger partial charge in [0.25, 0.3) is 5.91 Å². The molecule has 0 bridgehead atoms. The molecular weight excluding hydrogens is 278 g/mol. The fourth-order valence-electron chi connectivity index (χ4n) is 1.51. The predicted octanol–water partition coefficient (Wildman–Crippen LogP) is 3.38. The lowest BCUT2D eigenvalue weighted by atomic mass is 10.2. The van der Waals surface area contributed by atoms with Gasteiger partial charge < -0.3 is 5.32 Å². The number of nitrogens with one attached hydrogen (secondary N) is 1. The predicted molar refractivity (Wildman–Crippen MR) is 71.8 cm³/mol. The van der Waals surface area contributed by atoms with Crippen molar-refractivity contribution < 1.29 is 4.79 Å². The van der Waals surface area contributed by atoms with Gasteiger partial charge in [-0.15, -0.1) is 0 Å². The van der Waals surface area contributed by atoms with Gasteiger partial charge in [0, 0.05) is 16.6 Å². The van der Waals surface area contributed by atoms with E-state index in [9.17, 15) is 4.79 Å². The van der Waals surface area contributed by atoms with Crippen LogP contribution in [0.3, 0.4) is 0 Å². The smallest absolute Gasteiger partial charge is 0.251 e. The third kappa shape index (κ3) is 3.43. The highest BCUT2D eigenvalue weighted by molar-refractivity contribution is 9.10. The lowest BCUT2D eigenvalue weighted by Crippen LogP contribution is -2.22. The summed E-state index contributed by atoms with van der Waals surface area (Å²) in [7, 11) is 0. The summed E-state index contributed by atoms with van der Waals surface area (Å²) >= 11 is 3.35. The molecule has 0 saturated carbocycles. The van der Waals surface area contributed by atoms with E-state index in [0.29, 0.717) is 12.1 Å². The number of benzene rings is 2. The van der Waals surface area contributed by atoms with E-state index >= 15 is 0 Å². The number of carbonyl (C=O) groups is 1. The second kappa shape index (κ2) is 5.64. The highest BCUT2D eigenvalue weighted by atomic mass is 79.9. The van der Waals surface area contributed by atoms with E-state index in [1.807, 2.05) is 42.5 Å². The van der Waals surface area contributed by atoms with E-state index in [0.717, 1.165) is 10.0 Å². The minimum absolute atomic E-state index is 0.0600. The topological polar surface area (TPSA) is 29.1 Å². The van der Waals surface area contributed by atoms with Crippen LogP contribution in [0.25, 0.3) is 0 Å². The molecule has 0 atom stereocenters. The van der Waals surface area contributed by atoms with Crippen molar-refractivity contribution in [2.45, 2.75) is 6.54 Å². The minimum atomic E-state index is -0.0600. The summed E-state index contributed by atoms with van der Waals surface area (Å²) in [6.45, 7) is 0.548. The Balaban J connectivity index is 1.98. The first kappa shape index (κ1) is 11.9. The molecular formula is C14H12BrNO. The highest BCUT2D eigenvalue weighted by Crippen LogP contribution is 2.11. The first-order valence-corrected chi connectivity index (χ1v) is 6.13. The Morgan fingerprint density at radius 3 is 2.53 bits per heavy atom. The molecule has 0 radical (unpaired) electrons. The minimum Gasteiger partial charge on any atom is -0.348 e. The van der Waals surface area contributed by atoms with Crippen molar-refractivity contribution in [2.24, 2.45) is 0 Å². The number of amides is 1. The van der Waals surface area contributed by atoms with Crippen molar-refractivity contribution >= 4 is 21.8 Å². The Kier molecular flexibility index (Phi) is 3.94. The number of hydrogen-bond acceptors (Lipinski definition) is 1. The molecule has 0 spiro atoms. The summed E-state index contributed by atoms with van der Waals surface area (Å²) in [5.74, 6) is -0.0600. The third-order valence-corrected chi connectivity index (χ3v) is 2.88. The normalized spacial score (nSPS) is 9.94. The van der Waals surface area contributed by atoms with Crippen LogP contribution in [-0.2, 0) is 6.54 Å². The first-order chi connectivity index (χ1) is 8.25. The van der Waals surface area contributed by atoms with E-state index in [4.69, 9.17) is 0 Å². The zero-order valence-corrected chi connectivity index (χ0v) is 10.8. The Morgan fingerprint density at radius 1 is 1.06 bits per heavy atom. The molecule has 2 rings (SSSR count). The van der Waals surface area contributed by atoms with Crippen molar-refractivity contribution in [3.05, 3.63) is 70.2 Å². The maximum Gasteiger partial charge on any atom is 0.251 e. The molecule has 2 aromatic rings. The van der Waals surface area contributed by atoms with E-state index in [2.05, 4.69) is 21.2 Å². The van der Waals surface area contributed by atoms with Crippen molar-refractivity contribution in [2.75, 3.05) is 0 Å². The van der Waals surface area contributed by atoms with Crippen molar-refractivity contribution in [3.8, 4) is 0 Å². The average molecular weight is 290 g/mol. The van der Waals surface area contributed by atoms with Gasteiger partial charge in [-0.2, -0.15) is 0 Å². The molecule has 0 saturated heterocycles. The van der Waals surface area contributed by atoms with Crippen LogP contribution < -0.4 is 5.32 Å². The lowest BCUT2D eigenvalue weighted by Gasteiger charge is -2.05. The molecule has 0 heterocycles. The van der Waals surface area contributed by atoms with E-state index in [1.54, 1.807) is 12.1 Å². The lowest BCUT2D eigenvalue weighted by molar-refractivity contribution is 0.0951. The molecule has 3 heteroatoms. The van der Waals surface area contributed by atoms with Crippen LogP contribution >= 0.6 is 15.9 Å². The van der Waals surface area contributed by atoms with Gasteiger partial charge in [0.1, 0.15) is 0 Å². The largest absolute Gasteiger partial charge is 0.348 e. The Hall–Kier alpha value is -1.61. The zero-order valence-electron chi connectivity index (χ0n) is 9.19.